The summed E-state index contributed by atoms with van der Waals surface area (Å²) in [5, 5.41) is 2.88. The van der Waals surface area contributed by atoms with Gasteiger partial charge in [0.1, 0.15) is 0 Å². The summed E-state index contributed by atoms with van der Waals surface area (Å²) in [5.74, 6) is -5.79. The predicted molar refractivity (Wildman–Crippen MR) is 31.9 cm³/mol. The molecule has 1 heterocycles. The van der Waals surface area contributed by atoms with Crippen LogP contribution in [0.15, 0.2) is 9.26 Å². The third kappa shape index (κ3) is 1.57. The van der Waals surface area contributed by atoms with E-state index in [2.05, 4.69) is 30.6 Å². The zero-order valence-electron chi connectivity index (χ0n) is 5.27. The van der Waals surface area contributed by atoms with Crippen LogP contribution >= 0.6 is 15.9 Å². The summed E-state index contributed by atoms with van der Waals surface area (Å²) in [6.07, 6.45) is -3.86. The second-order valence-corrected chi connectivity index (χ2v) is 2.50. The molecule has 0 fully saturated rings. The lowest BCUT2D eigenvalue weighted by Gasteiger charge is -2.08. The van der Waals surface area contributed by atoms with Gasteiger partial charge in [0, 0.05) is 0 Å². The molecule has 0 N–H and O–H groups in total. The third-order valence-corrected chi connectivity index (χ3v) is 1.28. The second-order valence-electron chi connectivity index (χ2n) is 1.79. The molecule has 3 nitrogen and oxygen atoms in total. The molecule has 1 aromatic heterocycles. The van der Waals surface area contributed by atoms with E-state index in [1.165, 1.54) is 0 Å². The summed E-state index contributed by atoms with van der Waals surface area (Å²) in [6.45, 7) is 0. The van der Waals surface area contributed by atoms with Gasteiger partial charge in [0.2, 0.25) is 4.73 Å². The van der Waals surface area contributed by atoms with Crippen LogP contribution in [0.2, 0.25) is 0 Å². The Bertz CT molecular complexity index is 276. The molecule has 0 aliphatic carbocycles. The molecule has 12 heavy (non-hydrogen) atoms. The monoisotopic (exact) mass is 248 g/mol. The Morgan fingerprint density at radius 1 is 1.42 bits per heavy atom. The largest absolute Gasteiger partial charge is 0.383 e. The van der Waals surface area contributed by atoms with Crippen LogP contribution in [0, 0.1) is 0 Å². The van der Waals surface area contributed by atoms with Gasteiger partial charge in [0.15, 0.2) is 0 Å². The minimum Gasteiger partial charge on any atom is -0.331 e. The van der Waals surface area contributed by atoms with Crippen LogP contribution in [0.4, 0.5) is 17.6 Å². The number of rotatable bonds is 2. The number of nitrogens with zero attached hydrogens (tertiary/aromatic N) is 2. The number of halogens is 5. The van der Waals surface area contributed by atoms with E-state index < -0.39 is 18.2 Å². The van der Waals surface area contributed by atoms with Gasteiger partial charge in [-0.25, -0.2) is 8.78 Å². The van der Waals surface area contributed by atoms with Gasteiger partial charge in [-0.05, 0) is 21.1 Å². The van der Waals surface area contributed by atoms with Crippen LogP contribution in [0.5, 0.6) is 0 Å². The van der Waals surface area contributed by atoms with Crippen molar-refractivity contribution in [2.24, 2.45) is 0 Å². The Balaban J connectivity index is 2.97. The molecule has 0 aromatic carbocycles. The van der Waals surface area contributed by atoms with Gasteiger partial charge in [-0.1, -0.05) is 0 Å². The number of aromatic nitrogens is 2. The predicted octanol–water partition coefficient (Wildman–Crippen LogP) is 2.19. The Morgan fingerprint density at radius 2 is 2.00 bits per heavy atom. The fourth-order valence-electron chi connectivity index (χ4n) is 0.434. The van der Waals surface area contributed by atoms with Crippen molar-refractivity contribution in [3.63, 3.8) is 0 Å². The van der Waals surface area contributed by atoms with Gasteiger partial charge in [0.25, 0.3) is 0 Å². The van der Waals surface area contributed by atoms with E-state index in [1.54, 1.807) is 0 Å². The van der Waals surface area contributed by atoms with E-state index in [0.717, 1.165) is 0 Å². The molecule has 68 valence electrons. The van der Waals surface area contributed by atoms with Crippen molar-refractivity contribution >= 4 is 15.9 Å². The Kier molecular flexibility index (Phi) is 2.36. The summed E-state index contributed by atoms with van der Waals surface area (Å²) in [5.41, 5.74) is 0. The van der Waals surface area contributed by atoms with Gasteiger partial charge in [-0.15, -0.1) is 0 Å². The van der Waals surface area contributed by atoms with Crippen LogP contribution in [-0.2, 0) is 5.92 Å². The lowest BCUT2D eigenvalue weighted by molar-refractivity contribution is -0.152. The number of alkyl halides is 4. The van der Waals surface area contributed by atoms with E-state index in [1.807, 2.05) is 0 Å². The van der Waals surface area contributed by atoms with Crippen molar-refractivity contribution < 1.29 is 22.1 Å². The highest BCUT2D eigenvalue weighted by Gasteiger charge is 2.48. The highest BCUT2D eigenvalue weighted by atomic mass is 79.9. The van der Waals surface area contributed by atoms with E-state index in [9.17, 15) is 17.6 Å². The zero-order chi connectivity index (χ0) is 9.35. The van der Waals surface area contributed by atoms with Crippen LogP contribution in [-0.4, -0.2) is 16.6 Å². The first-order valence-electron chi connectivity index (χ1n) is 2.60. The van der Waals surface area contributed by atoms with Crippen molar-refractivity contribution in [3.8, 4) is 0 Å². The normalized spacial score (nSPS) is 12.5. The molecule has 0 bridgehead atoms. The van der Waals surface area contributed by atoms with Gasteiger partial charge in [-0.3, -0.25) is 0 Å². The molecule has 0 saturated carbocycles. The van der Waals surface area contributed by atoms with Crippen LogP contribution in [0.1, 0.15) is 5.89 Å². The minimum absolute atomic E-state index is 0.294. The lowest BCUT2D eigenvalue weighted by Crippen LogP contribution is -2.23. The Morgan fingerprint density at radius 3 is 2.33 bits per heavy atom. The molecule has 0 atom stereocenters. The van der Waals surface area contributed by atoms with Crippen molar-refractivity contribution in [2.75, 3.05) is 0 Å². The second kappa shape index (κ2) is 3.00. The quantitative estimate of drug-likeness (QED) is 0.754. The topological polar surface area (TPSA) is 38.9 Å². The molecule has 0 spiro atoms. The highest BCUT2D eigenvalue weighted by Crippen LogP contribution is 2.33. The molecular formula is C4HBrF4N2O. The molecule has 8 heteroatoms. The molecule has 1 rings (SSSR count). The Hall–Kier alpha value is -0.660. The lowest BCUT2D eigenvalue weighted by atomic mass is 10.3. The maximum atomic E-state index is 12.3. The molecule has 0 aliphatic heterocycles. The maximum absolute atomic E-state index is 12.3. The third-order valence-electron chi connectivity index (χ3n) is 0.960. The van der Waals surface area contributed by atoms with Crippen LogP contribution in [0.3, 0.4) is 0 Å². The van der Waals surface area contributed by atoms with Crippen LogP contribution < -0.4 is 0 Å². The first-order chi connectivity index (χ1) is 5.44. The number of hydrogen-bond donors (Lipinski definition) is 0. The van der Waals surface area contributed by atoms with Crippen molar-refractivity contribution in [1.82, 2.24) is 10.1 Å². The highest BCUT2D eigenvalue weighted by molar-refractivity contribution is 9.10. The average Bonchev–Trinajstić information content (AvgIpc) is 2.35. The standard InChI is InChI=1S/C4HBrF4N2O/c5-3-10-2(12-11-3)4(8,9)1(6)7/h1H. The van der Waals surface area contributed by atoms with E-state index in [0.29, 0.717) is 0 Å². The molecule has 0 radical (unpaired) electrons. The fraction of sp³-hybridized carbons (Fsp3) is 0.500. The summed E-state index contributed by atoms with van der Waals surface area (Å²) in [4.78, 5) is 2.91. The van der Waals surface area contributed by atoms with Crippen molar-refractivity contribution in [3.05, 3.63) is 10.6 Å². The van der Waals surface area contributed by atoms with Crippen LogP contribution in [0.25, 0.3) is 0 Å². The summed E-state index contributed by atoms with van der Waals surface area (Å²) >= 11 is 2.58. The molecule has 0 amide bonds. The fourth-order valence-corrected chi connectivity index (χ4v) is 0.668. The van der Waals surface area contributed by atoms with E-state index >= 15 is 0 Å². The summed E-state index contributed by atoms with van der Waals surface area (Å²) in [7, 11) is 0. The van der Waals surface area contributed by atoms with Gasteiger partial charge >= 0.3 is 18.2 Å². The SMILES string of the molecule is FC(F)C(F)(F)c1nc(Br)no1. The minimum atomic E-state index is -4.39. The zero-order valence-corrected chi connectivity index (χ0v) is 6.86. The summed E-state index contributed by atoms with van der Waals surface area (Å²) < 4.78 is 51.4. The number of hydrogen-bond acceptors (Lipinski definition) is 3. The molecule has 0 aliphatic rings. The van der Waals surface area contributed by atoms with E-state index in [4.69, 9.17) is 0 Å². The van der Waals surface area contributed by atoms with Gasteiger partial charge < -0.3 is 4.52 Å². The Labute approximate surface area is 71.9 Å². The molecule has 0 unspecified atom stereocenters. The van der Waals surface area contributed by atoms with Gasteiger partial charge in [0.05, 0.1) is 0 Å². The smallest absolute Gasteiger partial charge is 0.331 e. The first-order valence-corrected chi connectivity index (χ1v) is 3.39. The molecule has 1 aromatic rings. The maximum Gasteiger partial charge on any atom is 0.383 e. The van der Waals surface area contributed by atoms with E-state index in [-0.39, 0.29) is 4.73 Å². The first kappa shape index (κ1) is 9.43. The summed E-state index contributed by atoms with van der Waals surface area (Å²) in [6, 6.07) is 0. The molecular weight excluding hydrogens is 248 g/mol. The van der Waals surface area contributed by atoms with Crippen molar-refractivity contribution in [2.45, 2.75) is 12.3 Å². The average molecular weight is 249 g/mol. The van der Waals surface area contributed by atoms with Gasteiger partial charge in [-0.2, -0.15) is 13.8 Å². The molecule has 0 saturated heterocycles. The van der Waals surface area contributed by atoms with Crippen molar-refractivity contribution in [1.29, 1.82) is 0 Å².